The highest BCUT2D eigenvalue weighted by atomic mass is 16.2. The third-order valence-corrected chi connectivity index (χ3v) is 4.62. The van der Waals surface area contributed by atoms with Crippen LogP contribution in [0.3, 0.4) is 0 Å². The summed E-state index contributed by atoms with van der Waals surface area (Å²) < 4.78 is 0. The Balaban J connectivity index is 1.53. The van der Waals surface area contributed by atoms with E-state index in [-0.39, 0.29) is 17.0 Å². The van der Waals surface area contributed by atoms with Gasteiger partial charge in [0.1, 0.15) is 5.56 Å². The molecule has 3 aromatic rings. The smallest absolute Gasteiger partial charge is 0.261 e. The molecule has 1 amide bonds. The van der Waals surface area contributed by atoms with Crippen LogP contribution in [0.5, 0.6) is 0 Å². The number of carbonyl (C=O) groups is 1. The van der Waals surface area contributed by atoms with Gasteiger partial charge < -0.3 is 15.2 Å². The summed E-state index contributed by atoms with van der Waals surface area (Å²) in [7, 11) is 4.03. The molecule has 0 radical (unpaired) electrons. The number of aryl methyl sites for hydroxylation is 1. The van der Waals surface area contributed by atoms with Crippen LogP contribution < -0.4 is 15.8 Å². The highest BCUT2D eigenvalue weighted by Gasteiger charge is 2.11. The summed E-state index contributed by atoms with van der Waals surface area (Å²) in [5.41, 5.74) is 3.75. The summed E-state index contributed by atoms with van der Waals surface area (Å²) in [5.74, 6) is -0.344. The second-order valence-corrected chi connectivity index (χ2v) is 6.90. The second kappa shape index (κ2) is 9.04. The summed E-state index contributed by atoms with van der Waals surface area (Å²) >= 11 is 0. The van der Waals surface area contributed by atoms with E-state index in [0.717, 1.165) is 24.1 Å². The summed E-state index contributed by atoms with van der Waals surface area (Å²) in [6.45, 7) is 0.522. The van der Waals surface area contributed by atoms with Crippen LogP contribution in [0.1, 0.15) is 22.3 Å². The first-order valence-electron chi connectivity index (χ1n) is 9.38. The quantitative estimate of drug-likeness (QED) is 0.622. The van der Waals surface area contributed by atoms with Gasteiger partial charge in [0, 0.05) is 32.0 Å². The number of pyridine rings is 1. The molecule has 0 atom stereocenters. The van der Waals surface area contributed by atoms with Crippen LogP contribution in [0.4, 0.5) is 5.69 Å². The zero-order chi connectivity index (χ0) is 19.9. The molecule has 0 aliphatic heterocycles. The molecule has 144 valence electrons. The van der Waals surface area contributed by atoms with Gasteiger partial charge in [-0.05, 0) is 48.2 Å². The van der Waals surface area contributed by atoms with Gasteiger partial charge in [0.15, 0.2) is 0 Å². The van der Waals surface area contributed by atoms with E-state index < -0.39 is 0 Å². The monoisotopic (exact) mass is 375 g/mol. The van der Waals surface area contributed by atoms with Gasteiger partial charge in [-0.15, -0.1) is 0 Å². The van der Waals surface area contributed by atoms with Crippen molar-refractivity contribution in [2.24, 2.45) is 0 Å². The van der Waals surface area contributed by atoms with Crippen molar-refractivity contribution in [2.75, 3.05) is 25.5 Å². The number of H-pyrrole nitrogens is 1. The number of anilines is 1. The molecule has 0 aliphatic rings. The highest BCUT2D eigenvalue weighted by molar-refractivity contribution is 5.94. The topological polar surface area (TPSA) is 65.2 Å². The summed E-state index contributed by atoms with van der Waals surface area (Å²) in [5, 5.41) is 2.83. The number of carbonyl (C=O) groups excluding carboxylic acids is 1. The molecule has 0 bridgehead atoms. The number of hydrogen-bond acceptors (Lipinski definition) is 3. The zero-order valence-corrected chi connectivity index (χ0v) is 16.2. The van der Waals surface area contributed by atoms with Crippen molar-refractivity contribution in [3.63, 3.8) is 0 Å². The Hall–Kier alpha value is -3.34. The van der Waals surface area contributed by atoms with Crippen molar-refractivity contribution in [1.82, 2.24) is 10.3 Å². The van der Waals surface area contributed by atoms with E-state index in [9.17, 15) is 9.59 Å². The summed E-state index contributed by atoms with van der Waals surface area (Å²) in [6.07, 6.45) is 1.68. The predicted octanol–water partition coefficient (Wildman–Crippen LogP) is 3.47. The van der Waals surface area contributed by atoms with Crippen LogP contribution in [-0.4, -0.2) is 31.5 Å². The van der Waals surface area contributed by atoms with Crippen LogP contribution in [0, 0.1) is 0 Å². The maximum Gasteiger partial charge on any atom is 0.261 e. The number of aromatic amines is 1. The molecule has 5 heteroatoms. The fraction of sp³-hybridized carbons (Fsp3) is 0.217. The summed E-state index contributed by atoms with van der Waals surface area (Å²) in [4.78, 5) is 29.4. The van der Waals surface area contributed by atoms with Crippen LogP contribution in [0.15, 0.2) is 71.5 Å². The molecule has 0 fully saturated rings. The molecule has 2 aromatic carbocycles. The molecule has 2 N–H and O–H groups in total. The normalized spacial score (nSPS) is 10.5. The fourth-order valence-corrected chi connectivity index (χ4v) is 2.99. The lowest BCUT2D eigenvalue weighted by molar-refractivity contribution is 0.0951. The van der Waals surface area contributed by atoms with E-state index in [2.05, 4.69) is 39.5 Å². The van der Waals surface area contributed by atoms with Crippen molar-refractivity contribution < 1.29 is 4.79 Å². The third kappa shape index (κ3) is 4.88. The van der Waals surface area contributed by atoms with E-state index in [1.54, 1.807) is 12.1 Å². The van der Waals surface area contributed by atoms with E-state index in [0.29, 0.717) is 12.2 Å². The molecule has 1 aromatic heterocycles. The maximum atomic E-state index is 12.3. The minimum Gasteiger partial charge on any atom is -0.378 e. The number of nitrogens with one attached hydrogen (secondary N) is 2. The molecule has 0 aliphatic carbocycles. The largest absolute Gasteiger partial charge is 0.378 e. The minimum absolute atomic E-state index is 0.134. The van der Waals surface area contributed by atoms with Crippen molar-refractivity contribution in [2.45, 2.75) is 12.8 Å². The van der Waals surface area contributed by atoms with Gasteiger partial charge in [-0.25, -0.2) is 0 Å². The molecule has 0 spiro atoms. The third-order valence-electron chi connectivity index (χ3n) is 4.62. The standard InChI is InChI=1S/C23H25N3O2/c1-26(2)19-12-10-17(11-13-19)7-6-16-24-22(27)20-14-15-21(25-23(20)28)18-8-4-3-5-9-18/h3-5,8-15H,6-7,16H2,1-2H3,(H,24,27)(H,25,28). The van der Waals surface area contributed by atoms with Crippen LogP contribution in [-0.2, 0) is 6.42 Å². The maximum absolute atomic E-state index is 12.3. The number of nitrogens with zero attached hydrogens (tertiary/aromatic N) is 1. The Bertz CT molecular complexity index is 977. The first-order chi connectivity index (χ1) is 13.5. The SMILES string of the molecule is CN(C)c1ccc(CCCNC(=O)c2ccc(-c3ccccc3)[nH]c2=O)cc1. The number of rotatable bonds is 7. The van der Waals surface area contributed by atoms with Gasteiger partial charge in [0.2, 0.25) is 0 Å². The van der Waals surface area contributed by atoms with Gasteiger partial charge in [-0.3, -0.25) is 9.59 Å². The molecule has 28 heavy (non-hydrogen) atoms. The first kappa shape index (κ1) is 19.4. The van der Waals surface area contributed by atoms with Gasteiger partial charge in [-0.1, -0.05) is 42.5 Å². The molecule has 5 nitrogen and oxygen atoms in total. The van der Waals surface area contributed by atoms with E-state index >= 15 is 0 Å². The minimum atomic E-state index is -0.377. The number of aromatic nitrogens is 1. The van der Waals surface area contributed by atoms with E-state index in [1.165, 1.54) is 5.56 Å². The average molecular weight is 375 g/mol. The fourth-order valence-electron chi connectivity index (χ4n) is 2.99. The van der Waals surface area contributed by atoms with Gasteiger partial charge in [0.25, 0.3) is 11.5 Å². The van der Waals surface area contributed by atoms with Crippen molar-refractivity contribution in [1.29, 1.82) is 0 Å². The Morgan fingerprint density at radius 2 is 1.68 bits per heavy atom. The molecular weight excluding hydrogens is 350 g/mol. The molecule has 3 rings (SSSR count). The van der Waals surface area contributed by atoms with Crippen LogP contribution >= 0.6 is 0 Å². The van der Waals surface area contributed by atoms with Crippen molar-refractivity contribution in [3.05, 3.63) is 88.2 Å². The number of benzene rings is 2. The first-order valence-corrected chi connectivity index (χ1v) is 9.38. The molecule has 1 heterocycles. The molecular formula is C23H25N3O2. The molecule has 0 unspecified atom stereocenters. The number of amides is 1. The highest BCUT2D eigenvalue weighted by Crippen LogP contribution is 2.15. The van der Waals surface area contributed by atoms with Gasteiger partial charge >= 0.3 is 0 Å². The second-order valence-electron chi connectivity index (χ2n) is 6.90. The van der Waals surface area contributed by atoms with E-state index in [4.69, 9.17) is 0 Å². The Morgan fingerprint density at radius 1 is 0.964 bits per heavy atom. The molecule has 0 saturated carbocycles. The van der Waals surface area contributed by atoms with E-state index in [1.807, 2.05) is 44.4 Å². The molecule has 0 saturated heterocycles. The predicted molar refractivity (Wildman–Crippen MR) is 114 cm³/mol. The Morgan fingerprint density at radius 3 is 2.32 bits per heavy atom. The van der Waals surface area contributed by atoms with Crippen LogP contribution in [0.25, 0.3) is 11.3 Å². The lowest BCUT2D eigenvalue weighted by Gasteiger charge is -2.12. The summed E-state index contributed by atoms with van der Waals surface area (Å²) in [6, 6.07) is 21.3. The Kier molecular flexibility index (Phi) is 6.27. The van der Waals surface area contributed by atoms with Gasteiger partial charge in [-0.2, -0.15) is 0 Å². The lowest BCUT2D eigenvalue weighted by atomic mass is 10.1. The zero-order valence-electron chi connectivity index (χ0n) is 16.2. The Labute approximate surface area is 165 Å². The average Bonchev–Trinajstić information content (AvgIpc) is 2.72. The van der Waals surface area contributed by atoms with Gasteiger partial charge in [0.05, 0.1) is 0 Å². The lowest BCUT2D eigenvalue weighted by Crippen LogP contribution is -2.30. The van der Waals surface area contributed by atoms with Crippen molar-refractivity contribution >= 4 is 11.6 Å². The van der Waals surface area contributed by atoms with Crippen LogP contribution in [0.2, 0.25) is 0 Å². The number of hydrogen-bond donors (Lipinski definition) is 2. The van der Waals surface area contributed by atoms with Crippen molar-refractivity contribution in [3.8, 4) is 11.3 Å².